The van der Waals surface area contributed by atoms with Crippen LogP contribution < -0.4 is 5.32 Å². The van der Waals surface area contributed by atoms with Crippen LogP contribution in [0.5, 0.6) is 0 Å². The fraction of sp³-hybridized carbons (Fsp3) is 0.500. The average molecular weight is 221 g/mol. The minimum absolute atomic E-state index is 0.0175. The number of hydrogen-bond donors (Lipinski definition) is 2. The quantitative estimate of drug-likeness (QED) is 0.548. The first-order valence-corrected chi connectivity index (χ1v) is 5.26. The number of carbonyl (C=O) groups is 2. The van der Waals surface area contributed by atoms with Crippen molar-refractivity contribution in [2.24, 2.45) is 5.92 Å². The molecule has 2 unspecified atom stereocenters. The Morgan fingerprint density at radius 1 is 1.56 bits per heavy atom. The average Bonchev–Trinajstić information content (AvgIpc) is 2.29. The Morgan fingerprint density at radius 2 is 2.31 bits per heavy atom. The molecular weight excluding hydrogens is 206 g/mol. The van der Waals surface area contributed by atoms with Crippen molar-refractivity contribution in [2.45, 2.75) is 31.7 Å². The summed E-state index contributed by atoms with van der Waals surface area (Å²) in [6.07, 6.45) is 11.3. The van der Waals surface area contributed by atoms with Gasteiger partial charge in [-0.15, -0.1) is 12.3 Å². The smallest absolute Gasteiger partial charge is 0.327 e. The number of aliphatic carboxylic acids is 1. The van der Waals surface area contributed by atoms with Crippen molar-refractivity contribution in [3.05, 3.63) is 12.2 Å². The fourth-order valence-electron chi connectivity index (χ4n) is 1.64. The second-order valence-electron chi connectivity index (χ2n) is 3.79. The van der Waals surface area contributed by atoms with Crippen LogP contribution in [0.2, 0.25) is 0 Å². The van der Waals surface area contributed by atoms with E-state index in [1.54, 1.807) is 0 Å². The first-order valence-electron chi connectivity index (χ1n) is 5.26. The van der Waals surface area contributed by atoms with E-state index in [2.05, 4.69) is 11.2 Å². The summed E-state index contributed by atoms with van der Waals surface area (Å²) in [5.41, 5.74) is 0. The molecule has 4 nitrogen and oxygen atoms in total. The number of rotatable bonds is 4. The first-order chi connectivity index (χ1) is 7.65. The Hall–Kier alpha value is -1.76. The van der Waals surface area contributed by atoms with E-state index in [1.807, 2.05) is 12.2 Å². The van der Waals surface area contributed by atoms with E-state index >= 15 is 0 Å². The standard InChI is InChI=1S/C12H15NO3/c1-2-6-10(12(15)16)13-11(14)9-7-4-3-5-8-9/h1,3-4,9-10H,5-8H2,(H,13,14)(H,15,16). The van der Waals surface area contributed by atoms with Crippen LogP contribution >= 0.6 is 0 Å². The van der Waals surface area contributed by atoms with Gasteiger partial charge in [-0.05, 0) is 19.3 Å². The number of amides is 1. The van der Waals surface area contributed by atoms with Crippen LogP contribution in [0.1, 0.15) is 25.7 Å². The highest BCUT2D eigenvalue weighted by Crippen LogP contribution is 2.18. The molecule has 0 radical (unpaired) electrons. The van der Waals surface area contributed by atoms with E-state index in [4.69, 9.17) is 11.5 Å². The summed E-state index contributed by atoms with van der Waals surface area (Å²) in [5.74, 6) is 0.826. The summed E-state index contributed by atoms with van der Waals surface area (Å²) < 4.78 is 0. The molecule has 0 saturated carbocycles. The Balaban J connectivity index is 2.51. The first kappa shape index (κ1) is 12.3. The SMILES string of the molecule is C#CCC(NC(=O)C1CC=CCC1)C(=O)O. The third kappa shape index (κ3) is 3.43. The molecule has 2 N–H and O–H groups in total. The fourth-order valence-corrected chi connectivity index (χ4v) is 1.64. The Kier molecular flexibility index (Phi) is 4.59. The van der Waals surface area contributed by atoms with Gasteiger partial charge in [0.1, 0.15) is 6.04 Å². The van der Waals surface area contributed by atoms with Crippen LogP contribution in [-0.2, 0) is 9.59 Å². The molecule has 0 saturated heterocycles. The molecule has 1 amide bonds. The number of terminal acetylenes is 1. The Labute approximate surface area is 94.7 Å². The van der Waals surface area contributed by atoms with E-state index in [-0.39, 0.29) is 18.2 Å². The molecule has 86 valence electrons. The van der Waals surface area contributed by atoms with Gasteiger partial charge in [-0.2, -0.15) is 0 Å². The monoisotopic (exact) mass is 221 g/mol. The third-order valence-electron chi connectivity index (χ3n) is 2.58. The molecule has 1 rings (SSSR count). The lowest BCUT2D eigenvalue weighted by Gasteiger charge is -2.19. The van der Waals surface area contributed by atoms with Crippen LogP contribution in [0.3, 0.4) is 0 Å². The zero-order valence-electron chi connectivity index (χ0n) is 8.98. The molecular formula is C12H15NO3. The lowest BCUT2D eigenvalue weighted by molar-refractivity contribution is -0.142. The third-order valence-corrected chi connectivity index (χ3v) is 2.58. The van der Waals surface area contributed by atoms with Crippen molar-refractivity contribution in [2.75, 3.05) is 0 Å². The summed E-state index contributed by atoms with van der Waals surface area (Å²) in [6, 6.07) is -0.969. The lowest BCUT2D eigenvalue weighted by atomic mass is 9.93. The highest BCUT2D eigenvalue weighted by Gasteiger charge is 2.24. The van der Waals surface area contributed by atoms with Crippen LogP contribution in [0.25, 0.3) is 0 Å². The number of carboxylic acid groups (broad SMARTS) is 1. The molecule has 0 aliphatic heterocycles. The van der Waals surface area contributed by atoms with Crippen LogP contribution in [0, 0.1) is 18.3 Å². The van der Waals surface area contributed by atoms with Crippen LogP contribution in [-0.4, -0.2) is 23.0 Å². The molecule has 0 fully saturated rings. The molecule has 0 heterocycles. The second-order valence-corrected chi connectivity index (χ2v) is 3.79. The molecule has 0 aromatic heterocycles. The van der Waals surface area contributed by atoms with Gasteiger partial charge in [0.2, 0.25) is 5.91 Å². The van der Waals surface area contributed by atoms with Gasteiger partial charge in [-0.25, -0.2) is 4.79 Å². The van der Waals surface area contributed by atoms with E-state index in [9.17, 15) is 9.59 Å². The molecule has 2 atom stereocenters. The predicted molar refractivity (Wildman–Crippen MR) is 59.5 cm³/mol. The summed E-state index contributed by atoms with van der Waals surface area (Å²) in [6.45, 7) is 0. The number of carboxylic acids is 1. The highest BCUT2D eigenvalue weighted by molar-refractivity contribution is 5.85. The molecule has 0 aromatic rings. The van der Waals surface area contributed by atoms with Gasteiger partial charge in [0.25, 0.3) is 0 Å². The van der Waals surface area contributed by atoms with Crippen molar-refractivity contribution in [3.8, 4) is 12.3 Å². The van der Waals surface area contributed by atoms with Gasteiger partial charge in [0, 0.05) is 12.3 Å². The van der Waals surface area contributed by atoms with Crippen molar-refractivity contribution >= 4 is 11.9 Å². The zero-order valence-corrected chi connectivity index (χ0v) is 8.98. The van der Waals surface area contributed by atoms with Crippen LogP contribution in [0.15, 0.2) is 12.2 Å². The molecule has 1 aliphatic rings. The summed E-state index contributed by atoms with van der Waals surface area (Å²) in [4.78, 5) is 22.5. The minimum Gasteiger partial charge on any atom is -0.480 e. The molecule has 0 spiro atoms. The minimum atomic E-state index is -1.09. The van der Waals surface area contributed by atoms with Gasteiger partial charge in [-0.1, -0.05) is 12.2 Å². The predicted octanol–water partition coefficient (Wildman–Crippen LogP) is 0.935. The van der Waals surface area contributed by atoms with Gasteiger partial charge < -0.3 is 10.4 Å². The maximum Gasteiger partial charge on any atom is 0.327 e. The summed E-state index contributed by atoms with van der Waals surface area (Å²) in [5, 5.41) is 11.3. The number of hydrogen-bond acceptors (Lipinski definition) is 2. The Morgan fingerprint density at radius 3 is 2.81 bits per heavy atom. The zero-order chi connectivity index (χ0) is 12.0. The second kappa shape index (κ2) is 5.96. The van der Waals surface area contributed by atoms with Crippen LogP contribution in [0.4, 0.5) is 0 Å². The largest absolute Gasteiger partial charge is 0.480 e. The maximum atomic E-state index is 11.7. The molecule has 0 bridgehead atoms. The molecule has 4 heteroatoms. The summed E-state index contributed by atoms with van der Waals surface area (Å²) in [7, 11) is 0. The molecule has 0 aromatic carbocycles. The van der Waals surface area contributed by atoms with Gasteiger partial charge in [0.15, 0.2) is 0 Å². The van der Waals surface area contributed by atoms with E-state index < -0.39 is 12.0 Å². The number of carbonyl (C=O) groups excluding carboxylic acids is 1. The number of nitrogens with one attached hydrogen (secondary N) is 1. The normalized spacial score (nSPS) is 20.8. The molecule has 16 heavy (non-hydrogen) atoms. The van der Waals surface area contributed by atoms with Gasteiger partial charge in [-0.3, -0.25) is 4.79 Å². The topological polar surface area (TPSA) is 66.4 Å². The van der Waals surface area contributed by atoms with Crippen molar-refractivity contribution in [1.82, 2.24) is 5.32 Å². The number of allylic oxidation sites excluding steroid dienone is 2. The van der Waals surface area contributed by atoms with E-state index in [0.717, 1.165) is 12.8 Å². The van der Waals surface area contributed by atoms with E-state index in [0.29, 0.717) is 6.42 Å². The van der Waals surface area contributed by atoms with Crippen molar-refractivity contribution < 1.29 is 14.7 Å². The molecule has 1 aliphatic carbocycles. The van der Waals surface area contributed by atoms with Gasteiger partial charge in [0.05, 0.1) is 0 Å². The Bertz CT molecular complexity index is 341. The van der Waals surface area contributed by atoms with Gasteiger partial charge >= 0.3 is 5.97 Å². The van der Waals surface area contributed by atoms with Crippen molar-refractivity contribution in [3.63, 3.8) is 0 Å². The van der Waals surface area contributed by atoms with E-state index in [1.165, 1.54) is 0 Å². The summed E-state index contributed by atoms with van der Waals surface area (Å²) >= 11 is 0. The van der Waals surface area contributed by atoms with Crippen molar-refractivity contribution in [1.29, 1.82) is 0 Å². The highest BCUT2D eigenvalue weighted by atomic mass is 16.4. The maximum absolute atomic E-state index is 11.7. The lowest BCUT2D eigenvalue weighted by Crippen LogP contribution is -2.43.